The molecule has 0 saturated heterocycles. The van der Waals surface area contributed by atoms with Gasteiger partial charge in [-0.3, -0.25) is 14.7 Å². The van der Waals surface area contributed by atoms with Gasteiger partial charge in [0.25, 0.3) is 5.56 Å². The number of carbonyl (C=O) groups is 1. The number of pyridine rings is 2. The van der Waals surface area contributed by atoms with Crippen molar-refractivity contribution in [1.82, 2.24) is 34.6 Å². The van der Waals surface area contributed by atoms with E-state index in [0.717, 1.165) is 36.8 Å². The molecule has 2 amide bonds. The van der Waals surface area contributed by atoms with Crippen LogP contribution in [-0.2, 0) is 5.41 Å². The maximum atomic E-state index is 13.8. The summed E-state index contributed by atoms with van der Waals surface area (Å²) in [6.07, 6.45) is 8.05. The Labute approximate surface area is 243 Å². The van der Waals surface area contributed by atoms with Crippen LogP contribution in [-0.4, -0.2) is 48.4 Å². The van der Waals surface area contributed by atoms with E-state index < -0.39 is 0 Å². The van der Waals surface area contributed by atoms with Crippen LogP contribution >= 0.6 is 0 Å². The van der Waals surface area contributed by atoms with E-state index in [1.54, 1.807) is 36.3 Å². The Morgan fingerprint density at radius 2 is 1.90 bits per heavy atom. The zero-order chi connectivity index (χ0) is 29.6. The molecule has 4 aromatic heterocycles. The molecule has 0 bridgehead atoms. The lowest BCUT2D eigenvalue weighted by Crippen LogP contribution is -2.33. The van der Waals surface area contributed by atoms with E-state index in [9.17, 15) is 9.59 Å². The van der Waals surface area contributed by atoms with Crippen molar-refractivity contribution in [3.8, 4) is 11.8 Å². The molecule has 2 unspecified atom stereocenters. The van der Waals surface area contributed by atoms with E-state index in [1.807, 2.05) is 43.5 Å². The zero-order valence-corrected chi connectivity index (χ0v) is 24.2. The molecule has 42 heavy (non-hydrogen) atoms. The van der Waals surface area contributed by atoms with Crippen LogP contribution in [0.1, 0.15) is 81.8 Å². The Bertz CT molecular complexity index is 1750. The highest BCUT2D eigenvalue weighted by molar-refractivity contribution is 5.89. The average molecular weight is 567 g/mol. The summed E-state index contributed by atoms with van der Waals surface area (Å²) in [4.78, 5) is 40.2. The molecule has 2 fully saturated rings. The summed E-state index contributed by atoms with van der Waals surface area (Å²) in [6.45, 7) is 6.13. The Morgan fingerprint density at radius 3 is 2.57 bits per heavy atom. The number of hydrogen-bond donors (Lipinski definition) is 3. The number of amides is 2. The van der Waals surface area contributed by atoms with Gasteiger partial charge in [-0.25, -0.2) is 19.4 Å². The lowest BCUT2D eigenvalue weighted by Gasteiger charge is -2.18. The Morgan fingerprint density at radius 1 is 1.12 bits per heavy atom. The number of nitrogens with one attached hydrogen (secondary N) is 3. The van der Waals surface area contributed by atoms with Crippen molar-refractivity contribution in [2.24, 2.45) is 0 Å². The molecular formula is C30H34N10O2. The monoisotopic (exact) mass is 566 g/mol. The number of rotatable bonds is 6. The Hall–Kier alpha value is -4.79. The molecule has 2 atom stereocenters. The number of nitriles is 1. The number of anilines is 2. The maximum Gasteiger partial charge on any atom is 0.320 e. The van der Waals surface area contributed by atoms with Gasteiger partial charge in [-0.1, -0.05) is 33.6 Å². The summed E-state index contributed by atoms with van der Waals surface area (Å²) in [5.74, 6) is 0.865. The first-order valence-electron chi connectivity index (χ1n) is 14.3. The van der Waals surface area contributed by atoms with Gasteiger partial charge in [0.15, 0.2) is 0 Å². The standard InChI is InChI=1S/C30H34N10O2/c1-30(2,3)24-13-25(40(38-24)20-10-9-18(14-31)33-16-20)36-29(42)35-23-12-21(23)22-11-17-15-34-28(32-4)37-26(17)39(27(22)41)19-7-5-6-8-19/h9-11,13,15-16,19,21,23H,5-8,12H2,1-4H3,(H,32,34,37)(H2,35,36,42). The number of hydrogen-bond acceptors (Lipinski definition) is 8. The van der Waals surface area contributed by atoms with Crippen LogP contribution in [0.5, 0.6) is 0 Å². The van der Waals surface area contributed by atoms with E-state index in [1.165, 1.54) is 0 Å². The summed E-state index contributed by atoms with van der Waals surface area (Å²) in [5, 5.41) is 23.6. The topological polar surface area (TPSA) is 155 Å². The number of urea groups is 1. The van der Waals surface area contributed by atoms with Crippen molar-refractivity contribution in [3.63, 3.8) is 0 Å². The van der Waals surface area contributed by atoms with E-state index in [0.29, 0.717) is 40.8 Å². The maximum absolute atomic E-state index is 13.8. The van der Waals surface area contributed by atoms with Crippen LogP contribution in [0.15, 0.2) is 41.5 Å². The van der Waals surface area contributed by atoms with Crippen molar-refractivity contribution >= 4 is 28.8 Å². The largest absolute Gasteiger partial charge is 0.357 e. The van der Waals surface area contributed by atoms with Gasteiger partial charge in [0.2, 0.25) is 5.95 Å². The second-order valence-electron chi connectivity index (χ2n) is 12.1. The lowest BCUT2D eigenvalue weighted by molar-refractivity contribution is 0.251. The van der Waals surface area contributed by atoms with E-state index in [4.69, 9.17) is 10.4 Å². The van der Waals surface area contributed by atoms with Crippen molar-refractivity contribution in [3.05, 3.63) is 64.0 Å². The summed E-state index contributed by atoms with van der Waals surface area (Å²) in [5.41, 5.74) is 2.75. The molecule has 4 aromatic rings. The van der Waals surface area contributed by atoms with Gasteiger partial charge in [-0.05, 0) is 37.5 Å². The summed E-state index contributed by atoms with van der Waals surface area (Å²) < 4.78 is 3.47. The third-order valence-electron chi connectivity index (χ3n) is 8.05. The van der Waals surface area contributed by atoms with Gasteiger partial charge in [0, 0.05) is 53.7 Å². The predicted molar refractivity (Wildman–Crippen MR) is 159 cm³/mol. The van der Waals surface area contributed by atoms with Crippen molar-refractivity contribution in [2.75, 3.05) is 17.7 Å². The molecule has 4 heterocycles. The number of fused-ring (bicyclic) bond motifs is 1. The third-order valence-corrected chi connectivity index (χ3v) is 8.05. The minimum atomic E-state index is -0.385. The molecule has 6 rings (SSSR count). The quantitative estimate of drug-likeness (QED) is 0.311. The molecular weight excluding hydrogens is 532 g/mol. The molecule has 2 aliphatic rings. The van der Waals surface area contributed by atoms with E-state index in [-0.39, 0.29) is 35.0 Å². The fraction of sp³-hybridized carbons (Fsp3) is 0.433. The molecule has 0 aromatic carbocycles. The minimum absolute atomic E-state index is 0.0360. The smallest absolute Gasteiger partial charge is 0.320 e. The van der Waals surface area contributed by atoms with Gasteiger partial charge < -0.3 is 10.6 Å². The Balaban J connectivity index is 1.24. The zero-order valence-electron chi connectivity index (χ0n) is 24.2. The van der Waals surface area contributed by atoms with E-state index in [2.05, 4.69) is 30.9 Å². The SMILES string of the molecule is CNc1ncc2cc(C3CC3NC(=O)Nc3cc(C(C)(C)C)nn3-c3ccc(C#N)nc3)c(=O)n(C3CCCC3)c2n1. The average Bonchev–Trinajstić information content (AvgIpc) is 3.32. The fourth-order valence-corrected chi connectivity index (χ4v) is 5.66. The second-order valence-corrected chi connectivity index (χ2v) is 12.1. The molecule has 3 N–H and O–H groups in total. The molecule has 0 radical (unpaired) electrons. The Kier molecular flexibility index (Phi) is 6.88. The predicted octanol–water partition coefficient (Wildman–Crippen LogP) is 4.38. The van der Waals surface area contributed by atoms with Gasteiger partial charge in [-0.2, -0.15) is 15.3 Å². The van der Waals surface area contributed by atoms with Crippen molar-refractivity contribution < 1.29 is 4.79 Å². The van der Waals surface area contributed by atoms with Gasteiger partial charge in [0.05, 0.1) is 17.6 Å². The number of nitrogens with zero attached hydrogens (tertiary/aromatic N) is 7. The third kappa shape index (κ3) is 5.18. The van der Waals surface area contributed by atoms with Crippen molar-refractivity contribution in [2.45, 2.75) is 76.3 Å². The lowest BCUT2D eigenvalue weighted by atomic mass is 9.92. The molecule has 12 nitrogen and oxygen atoms in total. The van der Waals surface area contributed by atoms with Gasteiger partial charge >= 0.3 is 6.03 Å². The summed E-state index contributed by atoms with van der Waals surface area (Å²) >= 11 is 0. The van der Waals surface area contributed by atoms with Crippen LogP contribution in [0.3, 0.4) is 0 Å². The highest BCUT2D eigenvalue weighted by Crippen LogP contribution is 2.41. The molecule has 216 valence electrons. The number of aromatic nitrogens is 6. The van der Waals surface area contributed by atoms with Gasteiger partial charge in [-0.15, -0.1) is 0 Å². The molecule has 2 aliphatic carbocycles. The van der Waals surface area contributed by atoms with Crippen LogP contribution in [0.2, 0.25) is 0 Å². The first kappa shape index (κ1) is 27.4. The molecule has 0 aliphatic heterocycles. The summed E-state index contributed by atoms with van der Waals surface area (Å²) in [7, 11) is 1.76. The van der Waals surface area contributed by atoms with Crippen LogP contribution in [0, 0.1) is 11.3 Å². The molecule has 0 spiro atoms. The highest BCUT2D eigenvalue weighted by atomic mass is 16.2. The molecule has 12 heteroatoms. The van der Waals surface area contributed by atoms with Crippen molar-refractivity contribution in [1.29, 1.82) is 5.26 Å². The molecule has 2 saturated carbocycles. The fourth-order valence-electron chi connectivity index (χ4n) is 5.66. The minimum Gasteiger partial charge on any atom is -0.357 e. The van der Waals surface area contributed by atoms with Crippen LogP contribution in [0.4, 0.5) is 16.6 Å². The number of carbonyl (C=O) groups excluding carboxylic acids is 1. The first-order chi connectivity index (χ1) is 20.2. The normalized spacial score (nSPS) is 18.5. The van der Waals surface area contributed by atoms with Crippen LogP contribution in [0.25, 0.3) is 16.7 Å². The highest BCUT2D eigenvalue weighted by Gasteiger charge is 2.42. The van der Waals surface area contributed by atoms with E-state index >= 15 is 0 Å². The summed E-state index contributed by atoms with van der Waals surface area (Å²) in [6, 6.07) is 8.63. The second kappa shape index (κ2) is 10.6. The van der Waals surface area contributed by atoms with Gasteiger partial charge in [0.1, 0.15) is 23.2 Å². The van der Waals surface area contributed by atoms with Crippen LogP contribution < -0.4 is 21.5 Å². The first-order valence-corrected chi connectivity index (χ1v) is 14.3.